The molecule has 2 atom stereocenters. The normalized spacial score (nSPS) is 28.1. The van der Waals surface area contributed by atoms with Gasteiger partial charge in [-0.2, -0.15) is 0 Å². The van der Waals surface area contributed by atoms with Crippen LogP contribution in [0.25, 0.3) is 10.1 Å². The summed E-state index contributed by atoms with van der Waals surface area (Å²) in [6.07, 6.45) is 16.6. The molecule has 0 spiro atoms. The van der Waals surface area contributed by atoms with E-state index in [-0.39, 0.29) is 0 Å². The molecule has 2 aromatic rings. The van der Waals surface area contributed by atoms with Crippen LogP contribution in [-0.2, 0) is 11.2 Å². The summed E-state index contributed by atoms with van der Waals surface area (Å²) < 4.78 is 7.60. The highest BCUT2D eigenvalue weighted by Gasteiger charge is 2.23. The standard InChI is InChI=1S/C27H40OS/c1-3-5-20-7-11-22(12-8-20)23-13-14-24-17-26(29-27(24)18-23)16-10-21-9-15-25(6-4-2)28-19-21/h13-14,17-18,20-22,25H,3-12,15-16,19H2,1-2H3. The zero-order valence-corrected chi connectivity index (χ0v) is 19.4. The summed E-state index contributed by atoms with van der Waals surface area (Å²) in [6, 6.07) is 9.78. The van der Waals surface area contributed by atoms with E-state index in [1.807, 2.05) is 11.3 Å². The van der Waals surface area contributed by atoms with Crippen molar-refractivity contribution in [3.05, 3.63) is 34.7 Å². The van der Waals surface area contributed by atoms with Crippen LogP contribution in [-0.4, -0.2) is 12.7 Å². The lowest BCUT2D eigenvalue weighted by atomic mass is 9.77. The summed E-state index contributed by atoms with van der Waals surface area (Å²) in [5.41, 5.74) is 1.60. The second kappa shape index (κ2) is 10.4. The lowest BCUT2D eigenvalue weighted by molar-refractivity contribution is -0.0217. The van der Waals surface area contributed by atoms with E-state index in [4.69, 9.17) is 4.74 Å². The first-order chi connectivity index (χ1) is 14.2. The molecule has 1 aromatic carbocycles. The molecule has 1 nitrogen and oxygen atoms in total. The largest absolute Gasteiger partial charge is 0.378 e. The van der Waals surface area contributed by atoms with Crippen LogP contribution in [0.3, 0.4) is 0 Å². The van der Waals surface area contributed by atoms with Crippen LogP contribution in [0, 0.1) is 11.8 Å². The highest BCUT2D eigenvalue weighted by atomic mass is 32.1. The number of ether oxygens (including phenoxy) is 1. The molecule has 0 radical (unpaired) electrons. The third-order valence-corrected chi connectivity index (χ3v) is 8.64. The Labute approximate surface area is 182 Å². The summed E-state index contributed by atoms with van der Waals surface area (Å²) in [6.45, 7) is 5.58. The second-order valence-electron chi connectivity index (χ2n) is 9.74. The van der Waals surface area contributed by atoms with Gasteiger partial charge in [-0.25, -0.2) is 0 Å². The van der Waals surface area contributed by atoms with Gasteiger partial charge in [0.1, 0.15) is 0 Å². The number of hydrogen-bond acceptors (Lipinski definition) is 2. The molecule has 0 bridgehead atoms. The Morgan fingerprint density at radius 3 is 2.38 bits per heavy atom. The first-order valence-electron chi connectivity index (χ1n) is 12.4. The van der Waals surface area contributed by atoms with E-state index in [1.165, 1.54) is 87.1 Å². The maximum atomic E-state index is 6.09. The van der Waals surface area contributed by atoms with Crippen LogP contribution in [0.4, 0.5) is 0 Å². The summed E-state index contributed by atoms with van der Waals surface area (Å²) in [7, 11) is 0. The fourth-order valence-corrected chi connectivity index (χ4v) is 6.78. The van der Waals surface area contributed by atoms with Gasteiger partial charge in [0.2, 0.25) is 0 Å². The molecule has 4 rings (SSSR count). The van der Waals surface area contributed by atoms with Gasteiger partial charge in [0.05, 0.1) is 6.10 Å². The van der Waals surface area contributed by atoms with E-state index in [9.17, 15) is 0 Å². The highest BCUT2D eigenvalue weighted by molar-refractivity contribution is 7.19. The third-order valence-electron chi connectivity index (χ3n) is 7.48. The fraction of sp³-hybridized carbons (Fsp3) is 0.704. The summed E-state index contributed by atoms with van der Waals surface area (Å²) in [4.78, 5) is 1.57. The zero-order valence-electron chi connectivity index (χ0n) is 18.6. The molecule has 0 amide bonds. The average Bonchev–Trinajstić information content (AvgIpc) is 3.16. The molecule has 2 fully saturated rings. The van der Waals surface area contributed by atoms with Crippen molar-refractivity contribution < 1.29 is 4.74 Å². The monoisotopic (exact) mass is 412 g/mol. The van der Waals surface area contributed by atoms with Gasteiger partial charge in [0.25, 0.3) is 0 Å². The van der Waals surface area contributed by atoms with Gasteiger partial charge in [-0.3, -0.25) is 0 Å². The minimum Gasteiger partial charge on any atom is -0.378 e. The van der Waals surface area contributed by atoms with Crippen LogP contribution < -0.4 is 0 Å². The summed E-state index contributed by atoms with van der Waals surface area (Å²) in [5, 5.41) is 1.45. The Balaban J connectivity index is 1.31. The molecule has 1 aliphatic carbocycles. The second-order valence-corrected chi connectivity index (χ2v) is 10.9. The van der Waals surface area contributed by atoms with Crippen molar-refractivity contribution in [2.45, 2.75) is 103 Å². The SMILES string of the molecule is CCCC1CCC(c2ccc3cc(CCC4CCC(CCC)OC4)sc3c2)CC1. The number of rotatable bonds is 8. The molecule has 2 aliphatic rings. The number of aryl methyl sites for hydroxylation is 1. The Bertz CT molecular complexity index is 747. The van der Waals surface area contributed by atoms with Crippen LogP contribution in [0.2, 0.25) is 0 Å². The Hall–Kier alpha value is -0.860. The molecule has 2 heterocycles. The maximum absolute atomic E-state index is 6.09. The van der Waals surface area contributed by atoms with Crippen LogP contribution >= 0.6 is 11.3 Å². The van der Waals surface area contributed by atoms with Crippen LogP contribution in [0.1, 0.15) is 101 Å². The van der Waals surface area contributed by atoms with E-state index in [1.54, 1.807) is 10.4 Å². The summed E-state index contributed by atoms with van der Waals surface area (Å²) >= 11 is 2.04. The molecular weight excluding hydrogens is 372 g/mol. The van der Waals surface area contributed by atoms with Gasteiger partial charge in [-0.05, 0) is 98.6 Å². The van der Waals surface area contributed by atoms with Gasteiger partial charge in [-0.1, -0.05) is 45.2 Å². The minimum atomic E-state index is 0.538. The van der Waals surface area contributed by atoms with Crippen LogP contribution in [0.5, 0.6) is 0 Å². The molecule has 160 valence electrons. The van der Waals surface area contributed by atoms with Crippen molar-refractivity contribution in [3.63, 3.8) is 0 Å². The van der Waals surface area contributed by atoms with Gasteiger partial charge in [0.15, 0.2) is 0 Å². The Morgan fingerprint density at radius 2 is 1.66 bits per heavy atom. The van der Waals surface area contributed by atoms with Gasteiger partial charge in [-0.15, -0.1) is 11.3 Å². The number of benzene rings is 1. The van der Waals surface area contributed by atoms with Crippen molar-refractivity contribution >= 4 is 21.4 Å². The van der Waals surface area contributed by atoms with E-state index in [2.05, 4.69) is 38.1 Å². The van der Waals surface area contributed by atoms with Crippen LogP contribution in [0.15, 0.2) is 24.3 Å². The maximum Gasteiger partial charge on any atom is 0.0575 e. The molecular formula is C27H40OS. The molecule has 1 saturated carbocycles. The van der Waals surface area contributed by atoms with Crippen molar-refractivity contribution in [2.75, 3.05) is 6.61 Å². The van der Waals surface area contributed by atoms with E-state index < -0.39 is 0 Å². The van der Waals surface area contributed by atoms with Crippen molar-refractivity contribution in [2.24, 2.45) is 11.8 Å². The topological polar surface area (TPSA) is 9.23 Å². The number of hydrogen-bond donors (Lipinski definition) is 0. The molecule has 29 heavy (non-hydrogen) atoms. The molecule has 2 unspecified atom stereocenters. The van der Waals surface area contributed by atoms with E-state index in [0.717, 1.165) is 24.4 Å². The van der Waals surface area contributed by atoms with Crippen molar-refractivity contribution in [1.82, 2.24) is 0 Å². The van der Waals surface area contributed by atoms with Gasteiger partial charge in [0, 0.05) is 16.2 Å². The predicted molar refractivity (Wildman–Crippen MR) is 127 cm³/mol. The smallest absolute Gasteiger partial charge is 0.0575 e. The van der Waals surface area contributed by atoms with E-state index in [0.29, 0.717) is 6.10 Å². The average molecular weight is 413 g/mol. The Morgan fingerprint density at radius 1 is 0.862 bits per heavy atom. The van der Waals surface area contributed by atoms with Gasteiger partial charge >= 0.3 is 0 Å². The third kappa shape index (κ3) is 5.64. The molecule has 0 N–H and O–H groups in total. The molecule has 1 aromatic heterocycles. The minimum absolute atomic E-state index is 0.538. The lowest BCUT2D eigenvalue weighted by Crippen LogP contribution is -2.26. The van der Waals surface area contributed by atoms with Crippen molar-refractivity contribution in [1.29, 1.82) is 0 Å². The molecule has 1 aliphatic heterocycles. The summed E-state index contributed by atoms with van der Waals surface area (Å²) in [5.74, 6) is 2.56. The first-order valence-corrected chi connectivity index (χ1v) is 13.2. The fourth-order valence-electron chi connectivity index (χ4n) is 5.66. The number of fused-ring (bicyclic) bond motifs is 1. The number of thiophene rings is 1. The Kier molecular flexibility index (Phi) is 7.70. The predicted octanol–water partition coefficient (Wildman–Crippen LogP) is 8.50. The highest BCUT2D eigenvalue weighted by Crippen LogP contribution is 2.39. The first kappa shape index (κ1) is 21.4. The van der Waals surface area contributed by atoms with E-state index >= 15 is 0 Å². The molecule has 2 heteroatoms. The quantitative estimate of drug-likeness (QED) is 0.422. The zero-order chi connectivity index (χ0) is 20.1. The van der Waals surface area contributed by atoms with Crippen molar-refractivity contribution in [3.8, 4) is 0 Å². The molecule has 1 saturated heterocycles. The lowest BCUT2D eigenvalue weighted by Gasteiger charge is -2.28. The van der Waals surface area contributed by atoms with Gasteiger partial charge < -0.3 is 4.74 Å².